The van der Waals surface area contributed by atoms with Crippen LogP contribution in [0.3, 0.4) is 0 Å². The normalized spacial score (nSPS) is 21.4. The van der Waals surface area contributed by atoms with Crippen molar-refractivity contribution in [1.29, 1.82) is 0 Å². The first-order valence-corrected chi connectivity index (χ1v) is 5.85. The van der Waals surface area contributed by atoms with Crippen molar-refractivity contribution in [2.45, 2.75) is 51.6 Å². The van der Waals surface area contributed by atoms with Crippen molar-refractivity contribution in [3.63, 3.8) is 0 Å². The van der Waals surface area contributed by atoms with Crippen LogP contribution in [-0.4, -0.2) is 31.3 Å². The van der Waals surface area contributed by atoms with Crippen LogP contribution in [0.25, 0.3) is 0 Å². The van der Waals surface area contributed by atoms with Crippen LogP contribution in [0.2, 0.25) is 0 Å². The van der Waals surface area contributed by atoms with Gasteiger partial charge in [-0.2, -0.15) is 0 Å². The maximum absolute atomic E-state index is 11.1. The molecule has 0 aromatic rings. The molecule has 15 heavy (non-hydrogen) atoms. The van der Waals surface area contributed by atoms with Gasteiger partial charge in [0.05, 0.1) is 6.61 Å². The van der Waals surface area contributed by atoms with Crippen LogP contribution in [0.5, 0.6) is 0 Å². The SMILES string of the molecule is CC(C)NC(=O)OCCC1CCCCN1. The molecule has 0 radical (unpaired) electrons. The Bertz CT molecular complexity index is 189. The van der Waals surface area contributed by atoms with E-state index in [1.54, 1.807) is 0 Å². The molecule has 1 unspecified atom stereocenters. The number of hydrogen-bond donors (Lipinski definition) is 2. The minimum absolute atomic E-state index is 0.144. The molecule has 0 saturated carbocycles. The third-order valence-electron chi connectivity index (χ3n) is 2.52. The lowest BCUT2D eigenvalue weighted by atomic mass is 10.0. The monoisotopic (exact) mass is 214 g/mol. The van der Waals surface area contributed by atoms with Crippen LogP contribution in [0.4, 0.5) is 4.79 Å². The minimum Gasteiger partial charge on any atom is -0.449 e. The van der Waals surface area contributed by atoms with Gasteiger partial charge < -0.3 is 15.4 Å². The van der Waals surface area contributed by atoms with E-state index in [4.69, 9.17) is 4.74 Å². The lowest BCUT2D eigenvalue weighted by molar-refractivity contribution is 0.136. The number of hydrogen-bond acceptors (Lipinski definition) is 3. The molecule has 1 fully saturated rings. The Hall–Kier alpha value is -0.770. The van der Waals surface area contributed by atoms with E-state index in [0.29, 0.717) is 12.6 Å². The van der Waals surface area contributed by atoms with Crippen LogP contribution in [0.15, 0.2) is 0 Å². The van der Waals surface area contributed by atoms with Crippen molar-refractivity contribution in [3.8, 4) is 0 Å². The highest BCUT2D eigenvalue weighted by Gasteiger charge is 2.13. The summed E-state index contributed by atoms with van der Waals surface area (Å²) in [5.41, 5.74) is 0. The van der Waals surface area contributed by atoms with Gasteiger partial charge in [-0.1, -0.05) is 6.42 Å². The van der Waals surface area contributed by atoms with Crippen molar-refractivity contribution in [1.82, 2.24) is 10.6 Å². The van der Waals surface area contributed by atoms with Crippen molar-refractivity contribution in [2.75, 3.05) is 13.2 Å². The lowest BCUT2D eigenvalue weighted by Gasteiger charge is -2.23. The Labute approximate surface area is 91.8 Å². The molecule has 0 aliphatic carbocycles. The van der Waals surface area contributed by atoms with Gasteiger partial charge in [-0.25, -0.2) is 4.79 Å². The molecular weight excluding hydrogens is 192 g/mol. The van der Waals surface area contributed by atoms with Crippen LogP contribution >= 0.6 is 0 Å². The zero-order valence-corrected chi connectivity index (χ0v) is 9.71. The third-order valence-corrected chi connectivity index (χ3v) is 2.52. The highest BCUT2D eigenvalue weighted by molar-refractivity contribution is 5.67. The summed E-state index contributed by atoms with van der Waals surface area (Å²) in [4.78, 5) is 11.1. The molecule has 4 heteroatoms. The Morgan fingerprint density at radius 2 is 2.33 bits per heavy atom. The fourth-order valence-corrected chi connectivity index (χ4v) is 1.74. The number of ether oxygens (including phenoxy) is 1. The molecular formula is C11H22N2O2. The van der Waals surface area contributed by atoms with Crippen LogP contribution < -0.4 is 10.6 Å². The van der Waals surface area contributed by atoms with E-state index in [1.807, 2.05) is 13.8 Å². The average molecular weight is 214 g/mol. The Balaban J connectivity index is 2.02. The Kier molecular flexibility index (Phi) is 5.47. The molecule has 1 aliphatic rings. The minimum atomic E-state index is -0.305. The number of amides is 1. The zero-order valence-electron chi connectivity index (χ0n) is 9.71. The average Bonchev–Trinajstić information content (AvgIpc) is 2.18. The van der Waals surface area contributed by atoms with Crippen LogP contribution in [-0.2, 0) is 4.74 Å². The van der Waals surface area contributed by atoms with Gasteiger partial charge in [-0.05, 0) is 39.7 Å². The van der Waals surface area contributed by atoms with Gasteiger partial charge in [-0.15, -0.1) is 0 Å². The van der Waals surface area contributed by atoms with Crippen molar-refractivity contribution >= 4 is 6.09 Å². The predicted molar refractivity (Wildman–Crippen MR) is 59.9 cm³/mol. The van der Waals surface area contributed by atoms with Gasteiger partial charge in [0.1, 0.15) is 0 Å². The Morgan fingerprint density at radius 1 is 1.53 bits per heavy atom. The molecule has 1 saturated heterocycles. The van der Waals surface area contributed by atoms with E-state index in [2.05, 4.69) is 10.6 Å². The first-order valence-electron chi connectivity index (χ1n) is 5.85. The summed E-state index contributed by atoms with van der Waals surface area (Å²) in [5, 5.41) is 6.12. The van der Waals surface area contributed by atoms with E-state index >= 15 is 0 Å². The molecule has 0 bridgehead atoms. The smallest absolute Gasteiger partial charge is 0.407 e. The topological polar surface area (TPSA) is 50.4 Å². The number of carbonyl (C=O) groups excluding carboxylic acids is 1. The molecule has 1 rings (SSSR count). The Morgan fingerprint density at radius 3 is 2.93 bits per heavy atom. The van der Waals surface area contributed by atoms with Crippen LogP contribution in [0.1, 0.15) is 39.5 Å². The molecule has 1 heterocycles. The molecule has 88 valence electrons. The summed E-state index contributed by atoms with van der Waals surface area (Å²) >= 11 is 0. The quantitative estimate of drug-likeness (QED) is 0.748. The molecule has 0 spiro atoms. The second-order valence-electron chi connectivity index (χ2n) is 4.37. The molecule has 0 aromatic carbocycles. The molecule has 1 amide bonds. The van der Waals surface area contributed by atoms with Crippen molar-refractivity contribution in [2.24, 2.45) is 0 Å². The molecule has 1 aliphatic heterocycles. The highest BCUT2D eigenvalue weighted by Crippen LogP contribution is 2.09. The second-order valence-corrected chi connectivity index (χ2v) is 4.37. The predicted octanol–water partition coefficient (Wildman–Crippen LogP) is 1.65. The summed E-state index contributed by atoms with van der Waals surface area (Å²) < 4.78 is 5.07. The number of nitrogens with one attached hydrogen (secondary N) is 2. The van der Waals surface area contributed by atoms with Crippen molar-refractivity contribution in [3.05, 3.63) is 0 Å². The fourth-order valence-electron chi connectivity index (χ4n) is 1.74. The summed E-state index contributed by atoms with van der Waals surface area (Å²) in [5.74, 6) is 0. The zero-order chi connectivity index (χ0) is 11.1. The number of carbonyl (C=O) groups is 1. The van der Waals surface area contributed by atoms with Gasteiger partial charge in [-0.3, -0.25) is 0 Å². The number of piperidine rings is 1. The molecule has 0 aromatic heterocycles. The maximum Gasteiger partial charge on any atom is 0.407 e. The summed E-state index contributed by atoms with van der Waals surface area (Å²) in [6, 6.07) is 0.677. The van der Waals surface area contributed by atoms with E-state index in [0.717, 1.165) is 13.0 Å². The van der Waals surface area contributed by atoms with Gasteiger partial charge in [0.2, 0.25) is 0 Å². The lowest BCUT2D eigenvalue weighted by Crippen LogP contribution is -2.36. The van der Waals surface area contributed by atoms with Gasteiger partial charge in [0.15, 0.2) is 0 Å². The molecule has 1 atom stereocenters. The highest BCUT2D eigenvalue weighted by atomic mass is 16.5. The first kappa shape index (κ1) is 12.3. The summed E-state index contributed by atoms with van der Waals surface area (Å²) in [6.07, 6.45) is 4.38. The first-order chi connectivity index (χ1) is 7.18. The molecule has 4 nitrogen and oxygen atoms in total. The van der Waals surface area contributed by atoms with Crippen LogP contribution in [0, 0.1) is 0 Å². The summed E-state index contributed by atoms with van der Waals surface area (Å²) in [6.45, 7) is 5.45. The van der Waals surface area contributed by atoms with E-state index in [9.17, 15) is 4.79 Å². The maximum atomic E-state index is 11.1. The van der Waals surface area contributed by atoms with Crippen molar-refractivity contribution < 1.29 is 9.53 Å². The van der Waals surface area contributed by atoms with Gasteiger partial charge in [0.25, 0.3) is 0 Å². The fraction of sp³-hybridized carbons (Fsp3) is 0.909. The van der Waals surface area contributed by atoms with Gasteiger partial charge in [0, 0.05) is 12.1 Å². The van der Waals surface area contributed by atoms with Gasteiger partial charge >= 0.3 is 6.09 Å². The van der Waals surface area contributed by atoms with E-state index < -0.39 is 0 Å². The largest absolute Gasteiger partial charge is 0.449 e. The van der Waals surface area contributed by atoms with E-state index in [1.165, 1.54) is 19.3 Å². The number of alkyl carbamates (subject to hydrolysis) is 1. The van der Waals surface area contributed by atoms with E-state index in [-0.39, 0.29) is 12.1 Å². The standard InChI is InChI=1S/C11H22N2O2/c1-9(2)13-11(14)15-8-6-10-5-3-4-7-12-10/h9-10,12H,3-8H2,1-2H3,(H,13,14). The second kappa shape index (κ2) is 6.67. The number of rotatable bonds is 4. The third kappa shape index (κ3) is 5.62. The molecule has 2 N–H and O–H groups in total. The summed E-state index contributed by atoms with van der Waals surface area (Å²) in [7, 11) is 0.